The molecule has 0 bridgehead atoms. The third-order valence-electron chi connectivity index (χ3n) is 2.64. The van der Waals surface area contributed by atoms with Gasteiger partial charge in [0.1, 0.15) is 6.04 Å². The van der Waals surface area contributed by atoms with E-state index in [4.69, 9.17) is 5.11 Å². The molecule has 0 aromatic carbocycles. The Morgan fingerprint density at radius 2 is 2.24 bits per heavy atom. The number of hydrogen-bond donors (Lipinski definition) is 3. The van der Waals surface area contributed by atoms with Crippen LogP contribution in [0.15, 0.2) is 23.4 Å². The monoisotopic (exact) mass is 260 g/mol. The zero-order valence-corrected chi connectivity index (χ0v) is 10.5. The van der Waals surface area contributed by atoms with Gasteiger partial charge < -0.3 is 10.1 Å². The summed E-state index contributed by atoms with van der Waals surface area (Å²) in [5.74, 6) is -1.44. The Morgan fingerprint density at radius 3 is 2.65 bits per heavy atom. The van der Waals surface area contributed by atoms with E-state index >= 15 is 0 Å². The fraction of sp³-hybridized carbons (Fsp3) is 0.500. The number of aromatic nitrogens is 1. The van der Waals surface area contributed by atoms with Crippen LogP contribution in [0, 0.1) is 5.92 Å². The van der Waals surface area contributed by atoms with Crippen LogP contribution in [0.25, 0.3) is 0 Å². The number of carboxylic acids is 1. The lowest BCUT2D eigenvalue weighted by Crippen LogP contribution is -2.44. The predicted octanol–water partition coefficient (Wildman–Crippen LogP) is 0.792. The van der Waals surface area contributed by atoms with Crippen molar-refractivity contribution < 1.29 is 18.3 Å². The standard InChI is InChI=1S/C10H16N2O4S/c1-3-7(2)9(10(13)14)12-17(15,16)8-4-5-11-6-8/h4-7,9,11-12H,3H2,1-2H3,(H,13,14)/t7?,9-/m0/s1. The average Bonchev–Trinajstić information content (AvgIpc) is 2.78. The molecule has 0 fully saturated rings. The van der Waals surface area contributed by atoms with Crippen molar-refractivity contribution in [2.45, 2.75) is 31.2 Å². The van der Waals surface area contributed by atoms with Crippen molar-refractivity contribution in [1.82, 2.24) is 9.71 Å². The van der Waals surface area contributed by atoms with Crippen molar-refractivity contribution in [2.24, 2.45) is 5.92 Å². The largest absolute Gasteiger partial charge is 0.480 e. The quantitative estimate of drug-likeness (QED) is 0.704. The number of aromatic amines is 1. The molecular formula is C10H16N2O4S. The number of nitrogens with one attached hydrogen (secondary N) is 2. The molecule has 96 valence electrons. The van der Waals surface area contributed by atoms with Gasteiger partial charge in [-0.05, 0) is 12.0 Å². The summed E-state index contributed by atoms with van der Waals surface area (Å²) in [5, 5.41) is 9.00. The maximum atomic E-state index is 11.8. The summed E-state index contributed by atoms with van der Waals surface area (Å²) in [6, 6.07) is 0.262. The van der Waals surface area contributed by atoms with E-state index in [0.29, 0.717) is 6.42 Å². The van der Waals surface area contributed by atoms with Crippen LogP contribution in [0.5, 0.6) is 0 Å². The summed E-state index contributed by atoms with van der Waals surface area (Å²) in [5.41, 5.74) is 0. The highest BCUT2D eigenvalue weighted by atomic mass is 32.2. The molecule has 0 aliphatic carbocycles. The molecule has 3 N–H and O–H groups in total. The van der Waals surface area contributed by atoms with E-state index in [0.717, 1.165) is 0 Å². The van der Waals surface area contributed by atoms with E-state index in [1.54, 1.807) is 6.92 Å². The third kappa shape index (κ3) is 3.31. The molecule has 0 aliphatic heterocycles. The maximum absolute atomic E-state index is 11.8. The summed E-state index contributed by atoms with van der Waals surface area (Å²) in [6.45, 7) is 3.50. The Morgan fingerprint density at radius 1 is 1.59 bits per heavy atom. The Hall–Kier alpha value is -1.34. The molecule has 0 saturated heterocycles. The molecule has 1 unspecified atom stereocenters. The van der Waals surface area contributed by atoms with Crippen LogP contribution in [-0.2, 0) is 14.8 Å². The minimum atomic E-state index is -3.78. The van der Waals surface area contributed by atoms with Crippen molar-refractivity contribution in [3.8, 4) is 0 Å². The number of hydrogen-bond acceptors (Lipinski definition) is 3. The van der Waals surface area contributed by atoms with E-state index in [9.17, 15) is 13.2 Å². The van der Waals surface area contributed by atoms with Gasteiger partial charge in [-0.2, -0.15) is 4.72 Å². The molecular weight excluding hydrogens is 244 g/mol. The van der Waals surface area contributed by atoms with Gasteiger partial charge >= 0.3 is 5.97 Å². The summed E-state index contributed by atoms with van der Waals surface area (Å²) < 4.78 is 25.9. The molecule has 0 amide bonds. The summed E-state index contributed by atoms with van der Waals surface area (Å²) in [7, 11) is -3.78. The van der Waals surface area contributed by atoms with Gasteiger partial charge in [0, 0.05) is 12.4 Å². The van der Waals surface area contributed by atoms with Gasteiger partial charge in [0.25, 0.3) is 0 Å². The minimum absolute atomic E-state index is 0.0343. The highest BCUT2D eigenvalue weighted by molar-refractivity contribution is 7.89. The summed E-state index contributed by atoms with van der Waals surface area (Å²) in [6.07, 6.45) is 3.35. The van der Waals surface area contributed by atoms with Crippen LogP contribution in [0.3, 0.4) is 0 Å². The molecule has 2 atom stereocenters. The lowest BCUT2D eigenvalue weighted by Gasteiger charge is -2.19. The molecule has 1 aromatic heterocycles. The SMILES string of the molecule is CCC(C)[C@H](NS(=O)(=O)c1cc[nH]c1)C(=O)O. The highest BCUT2D eigenvalue weighted by Gasteiger charge is 2.29. The molecule has 0 saturated carbocycles. The van der Waals surface area contributed by atoms with E-state index in [1.165, 1.54) is 18.5 Å². The lowest BCUT2D eigenvalue weighted by atomic mass is 10.0. The van der Waals surface area contributed by atoms with Gasteiger partial charge in [0.05, 0.1) is 4.90 Å². The number of carboxylic acid groups (broad SMARTS) is 1. The first-order valence-electron chi connectivity index (χ1n) is 5.26. The molecule has 1 aromatic rings. The molecule has 17 heavy (non-hydrogen) atoms. The van der Waals surface area contributed by atoms with Gasteiger partial charge in [-0.15, -0.1) is 0 Å². The Labute approximate surface area is 100 Å². The Balaban J connectivity index is 2.92. The topological polar surface area (TPSA) is 99.3 Å². The molecule has 1 heterocycles. The highest BCUT2D eigenvalue weighted by Crippen LogP contribution is 2.13. The number of aliphatic carboxylic acids is 1. The summed E-state index contributed by atoms with van der Waals surface area (Å²) >= 11 is 0. The normalized spacial score (nSPS) is 15.4. The second-order valence-corrected chi connectivity index (χ2v) is 5.58. The van der Waals surface area contributed by atoms with Gasteiger partial charge in [-0.1, -0.05) is 20.3 Å². The van der Waals surface area contributed by atoms with E-state index in [1.807, 2.05) is 6.92 Å². The Bertz CT molecular complexity index is 467. The lowest BCUT2D eigenvalue weighted by molar-refractivity contribution is -0.140. The van der Waals surface area contributed by atoms with E-state index < -0.39 is 22.0 Å². The molecule has 0 spiro atoms. The predicted molar refractivity (Wildman–Crippen MR) is 62.0 cm³/mol. The smallest absolute Gasteiger partial charge is 0.322 e. The molecule has 0 aliphatic rings. The third-order valence-corrected chi connectivity index (χ3v) is 4.08. The zero-order valence-electron chi connectivity index (χ0n) is 9.67. The number of H-pyrrole nitrogens is 1. The fourth-order valence-electron chi connectivity index (χ4n) is 1.36. The van der Waals surface area contributed by atoms with Gasteiger partial charge in [-0.25, -0.2) is 8.42 Å². The number of carbonyl (C=O) groups is 1. The first-order valence-corrected chi connectivity index (χ1v) is 6.74. The van der Waals surface area contributed by atoms with Crippen molar-refractivity contribution in [3.63, 3.8) is 0 Å². The second-order valence-electron chi connectivity index (χ2n) is 3.87. The van der Waals surface area contributed by atoms with Gasteiger partial charge in [0.15, 0.2) is 0 Å². The van der Waals surface area contributed by atoms with Crippen molar-refractivity contribution >= 4 is 16.0 Å². The first-order chi connectivity index (χ1) is 7.88. The van der Waals surface area contributed by atoms with Crippen molar-refractivity contribution in [2.75, 3.05) is 0 Å². The number of rotatable bonds is 6. The van der Waals surface area contributed by atoms with Crippen LogP contribution >= 0.6 is 0 Å². The van der Waals surface area contributed by atoms with E-state index in [-0.39, 0.29) is 10.8 Å². The van der Waals surface area contributed by atoms with Crippen molar-refractivity contribution in [1.29, 1.82) is 0 Å². The van der Waals surface area contributed by atoms with Crippen LogP contribution in [-0.4, -0.2) is 30.5 Å². The van der Waals surface area contributed by atoms with Crippen LogP contribution in [0.4, 0.5) is 0 Å². The van der Waals surface area contributed by atoms with E-state index in [2.05, 4.69) is 9.71 Å². The molecule has 6 nitrogen and oxygen atoms in total. The first kappa shape index (κ1) is 13.7. The zero-order chi connectivity index (χ0) is 13.1. The molecule has 7 heteroatoms. The van der Waals surface area contributed by atoms with Crippen LogP contribution in [0.1, 0.15) is 20.3 Å². The van der Waals surface area contributed by atoms with Crippen LogP contribution < -0.4 is 4.72 Å². The second kappa shape index (κ2) is 5.33. The van der Waals surface area contributed by atoms with Crippen molar-refractivity contribution in [3.05, 3.63) is 18.5 Å². The maximum Gasteiger partial charge on any atom is 0.322 e. The Kier molecular flexibility index (Phi) is 4.30. The molecule has 0 radical (unpaired) electrons. The molecule has 1 rings (SSSR count). The summed E-state index contributed by atoms with van der Waals surface area (Å²) in [4.78, 5) is 13.7. The average molecular weight is 260 g/mol. The minimum Gasteiger partial charge on any atom is -0.480 e. The van der Waals surface area contributed by atoms with Crippen LogP contribution in [0.2, 0.25) is 0 Å². The van der Waals surface area contributed by atoms with Gasteiger partial charge in [-0.3, -0.25) is 4.79 Å². The van der Waals surface area contributed by atoms with Gasteiger partial charge in [0.2, 0.25) is 10.0 Å². The fourth-order valence-corrected chi connectivity index (χ4v) is 2.63. The number of sulfonamides is 1.